The molecule has 0 radical (unpaired) electrons. The summed E-state index contributed by atoms with van der Waals surface area (Å²) in [6.45, 7) is 4.10. The number of hydrogen-bond acceptors (Lipinski definition) is 7. The zero-order valence-corrected chi connectivity index (χ0v) is 16.2. The van der Waals surface area contributed by atoms with E-state index < -0.39 is 35.4 Å². The van der Waals surface area contributed by atoms with E-state index in [9.17, 15) is 20.1 Å². The summed E-state index contributed by atoms with van der Waals surface area (Å²) in [5, 5.41) is 31.4. The zero-order valence-electron chi connectivity index (χ0n) is 16.2. The van der Waals surface area contributed by atoms with Gasteiger partial charge in [-0.2, -0.15) is 0 Å². The molecule has 3 fully saturated rings. The van der Waals surface area contributed by atoms with Crippen LogP contribution in [0.5, 0.6) is 0 Å². The van der Waals surface area contributed by atoms with Gasteiger partial charge in [-0.1, -0.05) is 18.6 Å². The van der Waals surface area contributed by atoms with Gasteiger partial charge in [-0.3, -0.25) is 4.79 Å². The lowest BCUT2D eigenvalue weighted by molar-refractivity contribution is -0.169. The van der Waals surface area contributed by atoms with Gasteiger partial charge < -0.3 is 29.5 Å². The lowest BCUT2D eigenvalue weighted by Gasteiger charge is -2.53. The number of rotatable bonds is 0. The second kappa shape index (κ2) is 6.05. The molecule has 3 N–H and O–H groups in total. The molecule has 0 unspecified atom stereocenters. The Morgan fingerprint density at radius 2 is 2.00 bits per heavy atom. The van der Waals surface area contributed by atoms with Crippen LogP contribution in [0.25, 0.3) is 0 Å². The second-order valence-electron chi connectivity index (χ2n) is 9.30. The summed E-state index contributed by atoms with van der Waals surface area (Å²) in [6.07, 6.45) is 2.20. The fraction of sp³-hybridized carbons (Fsp3) is 0.762. The van der Waals surface area contributed by atoms with Crippen molar-refractivity contribution in [1.29, 1.82) is 0 Å². The normalized spacial score (nSPS) is 52.6. The Bertz CT molecular complexity index is 760. The van der Waals surface area contributed by atoms with Crippen molar-refractivity contribution in [1.82, 2.24) is 0 Å². The Morgan fingerprint density at radius 3 is 2.79 bits per heavy atom. The molecule has 0 aromatic carbocycles. The first-order chi connectivity index (χ1) is 13.3. The minimum absolute atomic E-state index is 0.111. The van der Waals surface area contributed by atoms with E-state index >= 15 is 0 Å². The van der Waals surface area contributed by atoms with Crippen LogP contribution in [0.4, 0.5) is 0 Å². The van der Waals surface area contributed by atoms with Crippen LogP contribution in [-0.4, -0.2) is 58.1 Å². The summed E-state index contributed by atoms with van der Waals surface area (Å²) in [6, 6.07) is 0. The Labute approximate surface area is 164 Å². The van der Waals surface area contributed by atoms with Gasteiger partial charge in [0.25, 0.3) is 0 Å². The number of esters is 1. The lowest BCUT2D eigenvalue weighted by atomic mass is 9.53. The number of allylic oxidation sites excluding steroid dienone is 1. The van der Waals surface area contributed by atoms with E-state index in [2.05, 4.69) is 0 Å². The molecule has 9 atom stereocenters. The van der Waals surface area contributed by atoms with Gasteiger partial charge in [-0.05, 0) is 37.2 Å². The van der Waals surface area contributed by atoms with Gasteiger partial charge in [0, 0.05) is 12.3 Å². The standard InChI is InChI=1S/C21H28O7/c1-20-11(7-14(22)17(23)18(20)24)4-5-12-13(20)6-3-10-8-26-21(2)16(10)15(9-27-21)28-19(12)25/h4,8,12-18,22-24H,3,5-7,9H2,1-2H3/t12-,13+,14-,15+,16-,17+,18-,20+,21+/m1/s1. The van der Waals surface area contributed by atoms with Gasteiger partial charge in [-0.15, -0.1) is 0 Å². The lowest BCUT2D eigenvalue weighted by Crippen LogP contribution is -2.59. The molecule has 5 aliphatic rings. The first-order valence-electron chi connectivity index (χ1n) is 10.2. The smallest absolute Gasteiger partial charge is 0.309 e. The molecule has 2 aliphatic carbocycles. The third-order valence-electron chi connectivity index (χ3n) is 7.96. The predicted octanol–water partition coefficient (Wildman–Crippen LogP) is 1.02. The van der Waals surface area contributed by atoms with Crippen molar-refractivity contribution in [3.05, 3.63) is 23.5 Å². The van der Waals surface area contributed by atoms with Crippen LogP contribution >= 0.6 is 0 Å². The number of aliphatic hydroxyl groups is 3. The van der Waals surface area contributed by atoms with Crippen LogP contribution in [0, 0.1) is 23.2 Å². The third-order valence-corrected chi connectivity index (χ3v) is 7.96. The number of carbonyl (C=O) groups is 1. The van der Waals surface area contributed by atoms with Gasteiger partial charge in [0.05, 0.1) is 36.9 Å². The van der Waals surface area contributed by atoms with E-state index in [0.29, 0.717) is 32.3 Å². The van der Waals surface area contributed by atoms with E-state index in [1.807, 2.05) is 19.9 Å². The molecule has 0 aromatic heterocycles. The molecule has 7 heteroatoms. The molecule has 154 valence electrons. The highest BCUT2D eigenvalue weighted by Crippen LogP contribution is 2.56. The van der Waals surface area contributed by atoms with Gasteiger partial charge in [0.2, 0.25) is 5.79 Å². The number of fused-ring (bicyclic) bond motifs is 3. The number of carbonyl (C=O) groups excluding carboxylic acids is 1. The van der Waals surface area contributed by atoms with Crippen molar-refractivity contribution in [3.8, 4) is 0 Å². The highest BCUT2D eigenvalue weighted by Gasteiger charge is 2.60. The Morgan fingerprint density at radius 1 is 1.21 bits per heavy atom. The average Bonchev–Trinajstić information content (AvgIpc) is 3.16. The molecular weight excluding hydrogens is 364 g/mol. The Balaban J connectivity index is 1.53. The van der Waals surface area contributed by atoms with Crippen LogP contribution in [0.3, 0.4) is 0 Å². The monoisotopic (exact) mass is 392 g/mol. The first kappa shape index (κ1) is 18.6. The molecule has 0 bridgehead atoms. The highest BCUT2D eigenvalue weighted by atomic mass is 16.7. The Hall–Kier alpha value is -1.41. The number of hydrogen-bond donors (Lipinski definition) is 3. The van der Waals surface area contributed by atoms with E-state index in [1.165, 1.54) is 0 Å². The number of aliphatic hydroxyl groups excluding tert-OH is 3. The molecule has 1 saturated carbocycles. The maximum atomic E-state index is 13.1. The van der Waals surface area contributed by atoms with Crippen LogP contribution in [0.1, 0.15) is 39.5 Å². The third kappa shape index (κ3) is 2.33. The van der Waals surface area contributed by atoms with E-state index in [0.717, 1.165) is 11.1 Å². The first-order valence-corrected chi connectivity index (χ1v) is 10.2. The minimum Gasteiger partial charge on any atom is -0.469 e. The molecule has 5 rings (SSSR count). The van der Waals surface area contributed by atoms with Crippen LogP contribution in [-0.2, 0) is 19.0 Å². The zero-order chi connectivity index (χ0) is 19.8. The molecular formula is C21H28O7. The molecule has 0 aromatic rings. The number of ether oxygens (including phenoxy) is 3. The summed E-state index contributed by atoms with van der Waals surface area (Å²) in [5.41, 5.74) is 1.22. The maximum absolute atomic E-state index is 13.1. The SMILES string of the molecule is C[C@]12OC=C3CC[C@H]4[C@@H](CC=C5C[C@@H](O)[C@H](O)[C@@H](O)[C@@]54C)C(=O)O[C@@H](CO1)[C@@H]32. The van der Waals surface area contributed by atoms with E-state index in [4.69, 9.17) is 14.2 Å². The molecule has 2 saturated heterocycles. The van der Waals surface area contributed by atoms with Crippen LogP contribution in [0.15, 0.2) is 23.5 Å². The van der Waals surface area contributed by atoms with Crippen LogP contribution in [0.2, 0.25) is 0 Å². The van der Waals surface area contributed by atoms with Gasteiger partial charge in [0.1, 0.15) is 12.2 Å². The largest absolute Gasteiger partial charge is 0.469 e. The molecule has 7 nitrogen and oxygen atoms in total. The van der Waals surface area contributed by atoms with Crippen molar-refractivity contribution in [3.63, 3.8) is 0 Å². The molecule has 0 spiro atoms. The molecule has 3 aliphatic heterocycles. The summed E-state index contributed by atoms with van der Waals surface area (Å²) < 4.78 is 17.5. The summed E-state index contributed by atoms with van der Waals surface area (Å²) in [5.74, 6) is -1.75. The molecule has 3 heterocycles. The second-order valence-corrected chi connectivity index (χ2v) is 9.30. The van der Waals surface area contributed by atoms with Crippen molar-refractivity contribution < 1.29 is 34.3 Å². The fourth-order valence-corrected chi connectivity index (χ4v) is 6.29. The van der Waals surface area contributed by atoms with E-state index in [1.54, 1.807) is 6.26 Å². The topological polar surface area (TPSA) is 105 Å². The van der Waals surface area contributed by atoms with E-state index in [-0.39, 0.29) is 23.9 Å². The predicted molar refractivity (Wildman–Crippen MR) is 96.6 cm³/mol. The average molecular weight is 392 g/mol. The van der Waals surface area contributed by atoms with Crippen molar-refractivity contribution in [2.75, 3.05) is 6.61 Å². The van der Waals surface area contributed by atoms with Gasteiger partial charge in [0.15, 0.2) is 0 Å². The van der Waals surface area contributed by atoms with Gasteiger partial charge >= 0.3 is 5.97 Å². The quantitative estimate of drug-likeness (QED) is 0.418. The van der Waals surface area contributed by atoms with Gasteiger partial charge in [-0.25, -0.2) is 0 Å². The molecule has 28 heavy (non-hydrogen) atoms. The maximum Gasteiger partial charge on any atom is 0.309 e. The highest BCUT2D eigenvalue weighted by molar-refractivity contribution is 5.74. The van der Waals surface area contributed by atoms with Crippen molar-refractivity contribution >= 4 is 5.97 Å². The summed E-state index contributed by atoms with van der Waals surface area (Å²) in [4.78, 5) is 13.1. The summed E-state index contributed by atoms with van der Waals surface area (Å²) >= 11 is 0. The van der Waals surface area contributed by atoms with Crippen LogP contribution < -0.4 is 0 Å². The Kier molecular flexibility index (Phi) is 4.02. The molecule has 0 amide bonds. The fourth-order valence-electron chi connectivity index (χ4n) is 6.29. The van der Waals surface area contributed by atoms with Crippen molar-refractivity contribution in [2.45, 2.75) is 69.7 Å². The summed E-state index contributed by atoms with van der Waals surface area (Å²) in [7, 11) is 0. The minimum atomic E-state index is -1.23. The van der Waals surface area contributed by atoms with Crippen molar-refractivity contribution in [2.24, 2.45) is 23.2 Å².